The largest absolute Gasteiger partial charge is 0.508 e. The Hall–Kier alpha value is -2.82. The van der Waals surface area contributed by atoms with E-state index in [1.165, 1.54) is 6.08 Å². The first-order chi connectivity index (χ1) is 10.9. The maximum absolute atomic E-state index is 12.3. The molecular formula is C18H19NO4. The van der Waals surface area contributed by atoms with E-state index in [0.717, 1.165) is 5.56 Å². The van der Waals surface area contributed by atoms with Gasteiger partial charge in [0.2, 0.25) is 5.78 Å². The van der Waals surface area contributed by atoms with Gasteiger partial charge in [-0.25, -0.2) is 4.79 Å². The van der Waals surface area contributed by atoms with E-state index in [0.29, 0.717) is 22.5 Å². The summed E-state index contributed by atoms with van der Waals surface area (Å²) in [6.07, 6.45) is 3.08. The quantitative estimate of drug-likeness (QED) is 0.503. The van der Waals surface area contributed by atoms with E-state index in [2.05, 4.69) is 4.98 Å². The van der Waals surface area contributed by atoms with E-state index >= 15 is 0 Å². The van der Waals surface area contributed by atoms with Crippen molar-refractivity contribution in [1.82, 2.24) is 4.98 Å². The lowest BCUT2D eigenvalue weighted by atomic mass is 10.1. The van der Waals surface area contributed by atoms with Gasteiger partial charge in [-0.3, -0.25) is 4.79 Å². The van der Waals surface area contributed by atoms with Crippen molar-refractivity contribution in [2.75, 3.05) is 6.61 Å². The van der Waals surface area contributed by atoms with Gasteiger partial charge in [-0.05, 0) is 50.1 Å². The number of nitrogens with one attached hydrogen (secondary N) is 1. The third kappa shape index (κ3) is 3.69. The molecule has 1 aromatic heterocycles. The van der Waals surface area contributed by atoms with Crippen LogP contribution in [0.15, 0.2) is 30.3 Å². The molecule has 0 atom stereocenters. The van der Waals surface area contributed by atoms with Crippen molar-refractivity contribution >= 4 is 17.8 Å². The van der Waals surface area contributed by atoms with Gasteiger partial charge in [-0.2, -0.15) is 0 Å². The van der Waals surface area contributed by atoms with Crippen molar-refractivity contribution in [3.8, 4) is 5.75 Å². The summed E-state index contributed by atoms with van der Waals surface area (Å²) in [5, 5.41) is 9.24. The lowest BCUT2D eigenvalue weighted by Gasteiger charge is -2.02. The van der Waals surface area contributed by atoms with Gasteiger partial charge in [0, 0.05) is 5.69 Å². The number of carbonyl (C=O) groups excluding carboxylic acids is 2. The van der Waals surface area contributed by atoms with Crippen LogP contribution in [0.5, 0.6) is 5.75 Å². The molecule has 2 rings (SSSR count). The maximum atomic E-state index is 12.3. The molecule has 23 heavy (non-hydrogen) atoms. The third-order valence-corrected chi connectivity index (χ3v) is 3.48. The molecule has 0 fully saturated rings. The molecular weight excluding hydrogens is 294 g/mol. The average molecular weight is 313 g/mol. The Morgan fingerprint density at radius 3 is 2.48 bits per heavy atom. The summed E-state index contributed by atoms with van der Waals surface area (Å²) >= 11 is 0. The van der Waals surface area contributed by atoms with Crippen molar-refractivity contribution in [2.24, 2.45) is 0 Å². The van der Waals surface area contributed by atoms with Crippen LogP contribution in [-0.4, -0.2) is 28.4 Å². The summed E-state index contributed by atoms with van der Waals surface area (Å²) in [5.74, 6) is -0.488. The maximum Gasteiger partial charge on any atom is 0.340 e. The molecule has 0 amide bonds. The minimum Gasteiger partial charge on any atom is -0.508 e. The molecule has 2 N–H and O–H groups in total. The Balaban J connectivity index is 2.24. The summed E-state index contributed by atoms with van der Waals surface area (Å²) in [6.45, 7) is 5.48. The molecule has 120 valence electrons. The van der Waals surface area contributed by atoms with E-state index in [4.69, 9.17) is 4.74 Å². The zero-order valence-corrected chi connectivity index (χ0v) is 13.3. The smallest absolute Gasteiger partial charge is 0.340 e. The van der Waals surface area contributed by atoms with Crippen molar-refractivity contribution in [3.63, 3.8) is 0 Å². The van der Waals surface area contributed by atoms with E-state index in [1.54, 1.807) is 51.1 Å². The Bertz CT molecular complexity index is 754. The second kappa shape index (κ2) is 6.96. The number of hydrogen-bond acceptors (Lipinski definition) is 4. The predicted molar refractivity (Wildman–Crippen MR) is 87.7 cm³/mol. The van der Waals surface area contributed by atoms with E-state index in [1.807, 2.05) is 0 Å². The number of ether oxygens (including phenoxy) is 1. The van der Waals surface area contributed by atoms with Gasteiger partial charge in [0.05, 0.1) is 17.9 Å². The second-order valence-corrected chi connectivity index (χ2v) is 5.13. The number of hydrogen-bond donors (Lipinski definition) is 2. The zero-order chi connectivity index (χ0) is 17.0. The molecule has 0 bridgehead atoms. The first-order valence-electron chi connectivity index (χ1n) is 7.31. The summed E-state index contributed by atoms with van der Waals surface area (Å²) < 4.78 is 5.01. The van der Waals surface area contributed by atoms with Gasteiger partial charge >= 0.3 is 5.97 Å². The van der Waals surface area contributed by atoms with Crippen LogP contribution in [-0.2, 0) is 4.74 Å². The monoisotopic (exact) mass is 313 g/mol. The fraction of sp³-hybridized carbons (Fsp3) is 0.222. The van der Waals surface area contributed by atoms with Crippen LogP contribution in [0.25, 0.3) is 6.08 Å². The molecule has 2 aromatic rings. The number of aromatic amines is 1. The van der Waals surface area contributed by atoms with Crippen LogP contribution >= 0.6 is 0 Å². The Morgan fingerprint density at radius 2 is 1.87 bits per heavy atom. The molecule has 1 aromatic carbocycles. The van der Waals surface area contributed by atoms with Crippen LogP contribution in [0.3, 0.4) is 0 Å². The SMILES string of the molecule is CCOC(=O)c1c(C)[nH]c(C(=O)C=Cc2ccc(O)cc2)c1C. The number of H-pyrrole nitrogens is 1. The molecule has 0 aliphatic heterocycles. The highest BCUT2D eigenvalue weighted by Crippen LogP contribution is 2.20. The number of aromatic nitrogens is 1. The average Bonchev–Trinajstić information content (AvgIpc) is 2.81. The molecule has 0 aliphatic rings. The fourth-order valence-electron chi connectivity index (χ4n) is 2.35. The number of allylic oxidation sites excluding steroid dienone is 1. The highest BCUT2D eigenvalue weighted by Gasteiger charge is 2.21. The number of phenols is 1. The van der Waals surface area contributed by atoms with Crippen LogP contribution in [0.4, 0.5) is 0 Å². The lowest BCUT2D eigenvalue weighted by molar-refractivity contribution is 0.0525. The van der Waals surface area contributed by atoms with Gasteiger partial charge in [0.1, 0.15) is 5.75 Å². The minimum atomic E-state index is -0.430. The molecule has 0 radical (unpaired) electrons. The summed E-state index contributed by atoms with van der Waals surface area (Å²) in [7, 11) is 0. The highest BCUT2D eigenvalue weighted by atomic mass is 16.5. The molecule has 0 saturated heterocycles. The molecule has 0 saturated carbocycles. The van der Waals surface area contributed by atoms with Crippen molar-refractivity contribution < 1.29 is 19.4 Å². The number of aromatic hydroxyl groups is 1. The molecule has 0 spiro atoms. The summed E-state index contributed by atoms with van der Waals surface area (Å²) in [6, 6.07) is 6.51. The van der Waals surface area contributed by atoms with E-state index < -0.39 is 5.97 Å². The van der Waals surface area contributed by atoms with Gasteiger partial charge in [-0.1, -0.05) is 18.2 Å². The Kier molecular flexibility index (Phi) is 5.01. The first kappa shape index (κ1) is 16.5. The lowest BCUT2D eigenvalue weighted by Crippen LogP contribution is -2.07. The van der Waals surface area contributed by atoms with Crippen LogP contribution < -0.4 is 0 Å². The van der Waals surface area contributed by atoms with Crippen molar-refractivity contribution in [3.05, 3.63) is 58.4 Å². The highest BCUT2D eigenvalue weighted by molar-refractivity contribution is 6.08. The molecule has 5 nitrogen and oxygen atoms in total. The Labute approximate surface area is 134 Å². The first-order valence-corrected chi connectivity index (χ1v) is 7.31. The topological polar surface area (TPSA) is 79.4 Å². The van der Waals surface area contributed by atoms with Crippen LogP contribution in [0.1, 0.15) is 44.6 Å². The number of ketones is 1. The minimum absolute atomic E-state index is 0.170. The van der Waals surface area contributed by atoms with Crippen LogP contribution in [0.2, 0.25) is 0 Å². The summed E-state index contributed by atoms with van der Waals surface area (Å²) in [4.78, 5) is 27.2. The number of benzene rings is 1. The van der Waals surface area contributed by atoms with Crippen molar-refractivity contribution in [2.45, 2.75) is 20.8 Å². The van der Waals surface area contributed by atoms with Gasteiger partial charge in [0.15, 0.2) is 0 Å². The van der Waals surface area contributed by atoms with E-state index in [9.17, 15) is 14.7 Å². The predicted octanol–water partition coefficient (Wildman–Crippen LogP) is 3.41. The zero-order valence-electron chi connectivity index (χ0n) is 13.3. The number of esters is 1. The number of carbonyl (C=O) groups is 2. The molecule has 0 aliphatic carbocycles. The number of rotatable bonds is 5. The van der Waals surface area contributed by atoms with Gasteiger partial charge in [0.25, 0.3) is 0 Å². The molecule has 1 heterocycles. The molecule has 5 heteroatoms. The van der Waals surface area contributed by atoms with Crippen LogP contribution in [0, 0.1) is 13.8 Å². The summed E-state index contributed by atoms with van der Waals surface area (Å²) in [5.41, 5.74) is 2.78. The fourth-order valence-corrected chi connectivity index (χ4v) is 2.35. The number of aryl methyl sites for hydroxylation is 1. The normalized spacial score (nSPS) is 10.9. The number of phenolic OH excluding ortho intramolecular Hbond substituents is 1. The van der Waals surface area contributed by atoms with E-state index in [-0.39, 0.29) is 18.1 Å². The Morgan fingerprint density at radius 1 is 1.22 bits per heavy atom. The molecule has 0 unspecified atom stereocenters. The van der Waals surface area contributed by atoms with Crippen molar-refractivity contribution in [1.29, 1.82) is 0 Å². The standard InChI is InChI=1S/C18H19NO4/c1-4-23-18(22)16-11(2)17(19-12(16)3)15(21)10-7-13-5-8-14(20)9-6-13/h5-10,19-20H,4H2,1-3H3. The third-order valence-electron chi connectivity index (χ3n) is 3.48. The second-order valence-electron chi connectivity index (χ2n) is 5.13. The van der Waals surface area contributed by atoms with Gasteiger partial charge in [-0.15, -0.1) is 0 Å². The van der Waals surface area contributed by atoms with Gasteiger partial charge < -0.3 is 14.8 Å².